The number of rotatable bonds is 6. The molecule has 0 unspecified atom stereocenters. The molecular formula is C19H15ClN6O2. The van der Waals surface area contributed by atoms with Crippen molar-refractivity contribution in [3.8, 4) is 23.5 Å². The zero-order valence-electron chi connectivity index (χ0n) is 14.9. The zero-order valence-corrected chi connectivity index (χ0v) is 15.6. The van der Waals surface area contributed by atoms with E-state index in [9.17, 15) is 0 Å². The topological polar surface area (TPSA) is 87.8 Å². The molecule has 28 heavy (non-hydrogen) atoms. The molecule has 0 aliphatic carbocycles. The largest absolute Gasteiger partial charge is 0.467 e. The quantitative estimate of drug-likeness (QED) is 0.462. The highest BCUT2D eigenvalue weighted by atomic mass is 35.5. The van der Waals surface area contributed by atoms with E-state index in [1.165, 1.54) is 7.11 Å². The predicted molar refractivity (Wildman–Crippen MR) is 102 cm³/mol. The van der Waals surface area contributed by atoms with Crippen LogP contribution in [0.4, 0.5) is 0 Å². The molecule has 0 radical (unpaired) electrons. The minimum atomic E-state index is 0.0896. The van der Waals surface area contributed by atoms with Crippen molar-refractivity contribution in [3.05, 3.63) is 77.9 Å². The fourth-order valence-corrected chi connectivity index (χ4v) is 2.68. The third kappa shape index (κ3) is 4.07. The number of benzene rings is 1. The molecule has 3 heterocycles. The van der Waals surface area contributed by atoms with Crippen LogP contribution in [0.2, 0.25) is 5.15 Å². The lowest BCUT2D eigenvalue weighted by molar-refractivity contribution is 0.355. The molecule has 4 rings (SSSR count). The van der Waals surface area contributed by atoms with Crippen molar-refractivity contribution in [3.63, 3.8) is 0 Å². The summed E-state index contributed by atoms with van der Waals surface area (Å²) in [6, 6.07) is 11.7. The maximum absolute atomic E-state index is 6.03. The second-order valence-electron chi connectivity index (χ2n) is 5.73. The fourth-order valence-electron chi connectivity index (χ4n) is 2.52. The number of methoxy groups -OCH3 is 1. The van der Waals surface area contributed by atoms with Gasteiger partial charge in [-0.3, -0.25) is 0 Å². The number of hydrogen-bond acceptors (Lipinski definition) is 7. The van der Waals surface area contributed by atoms with E-state index in [4.69, 9.17) is 21.1 Å². The zero-order chi connectivity index (χ0) is 19.3. The Morgan fingerprint density at radius 2 is 1.82 bits per heavy atom. The SMILES string of the molecule is COc1nc(Cc2ccc(-n3ccnc3)cc2)nc(Oc2cccnc2Cl)n1. The first-order valence-electron chi connectivity index (χ1n) is 8.36. The van der Waals surface area contributed by atoms with Crippen LogP contribution >= 0.6 is 11.6 Å². The van der Waals surface area contributed by atoms with Gasteiger partial charge >= 0.3 is 12.0 Å². The van der Waals surface area contributed by atoms with E-state index in [2.05, 4.69) is 24.9 Å². The van der Waals surface area contributed by atoms with Gasteiger partial charge in [-0.2, -0.15) is 9.97 Å². The lowest BCUT2D eigenvalue weighted by atomic mass is 10.1. The average molecular weight is 395 g/mol. The van der Waals surface area contributed by atoms with Crippen molar-refractivity contribution in [1.82, 2.24) is 29.5 Å². The summed E-state index contributed by atoms with van der Waals surface area (Å²) in [5.41, 5.74) is 2.05. The van der Waals surface area contributed by atoms with Crippen molar-refractivity contribution in [2.75, 3.05) is 7.11 Å². The van der Waals surface area contributed by atoms with Crippen molar-refractivity contribution < 1.29 is 9.47 Å². The maximum Gasteiger partial charge on any atom is 0.328 e. The van der Waals surface area contributed by atoms with Gasteiger partial charge in [0.2, 0.25) is 0 Å². The minimum Gasteiger partial charge on any atom is -0.467 e. The molecule has 0 aliphatic rings. The molecule has 0 bridgehead atoms. The van der Waals surface area contributed by atoms with E-state index < -0.39 is 0 Å². The molecule has 0 amide bonds. The van der Waals surface area contributed by atoms with E-state index in [0.29, 0.717) is 18.0 Å². The van der Waals surface area contributed by atoms with Crippen LogP contribution in [0.3, 0.4) is 0 Å². The van der Waals surface area contributed by atoms with Gasteiger partial charge in [0.05, 0.1) is 13.4 Å². The summed E-state index contributed by atoms with van der Waals surface area (Å²) in [4.78, 5) is 20.8. The highest BCUT2D eigenvalue weighted by Crippen LogP contribution is 2.26. The second-order valence-corrected chi connectivity index (χ2v) is 6.09. The standard InChI is InChI=1S/C19H15ClN6O2/c1-27-18-23-16(24-19(25-18)28-15-3-2-8-22-17(15)20)11-13-4-6-14(7-5-13)26-10-9-21-12-26/h2-10,12H,11H2,1H3. The van der Waals surface area contributed by atoms with Gasteiger partial charge in [0.15, 0.2) is 10.9 Å². The number of imidazole rings is 1. The Morgan fingerprint density at radius 3 is 2.54 bits per heavy atom. The minimum absolute atomic E-state index is 0.0896. The van der Waals surface area contributed by atoms with Crippen LogP contribution in [-0.4, -0.2) is 36.6 Å². The molecule has 0 aliphatic heterocycles. The van der Waals surface area contributed by atoms with Crippen LogP contribution in [0.25, 0.3) is 5.69 Å². The third-order valence-corrected chi connectivity index (χ3v) is 4.13. The Balaban J connectivity index is 1.56. The van der Waals surface area contributed by atoms with Crippen LogP contribution in [0.15, 0.2) is 61.3 Å². The van der Waals surface area contributed by atoms with Gasteiger partial charge in [0, 0.05) is 30.7 Å². The van der Waals surface area contributed by atoms with Crippen molar-refractivity contribution in [2.24, 2.45) is 0 Å². The highest BCUT2D eigenvalue weighted by molar-refractivity contribution is 6.30. The van der Waals surface area contributed by atoms with Crippen molar-refractivity contribution >= 4 is 11.6 Å². The van der Waals surface area contributed by atoms with Gasteiger partial charge in [-0.15, -0.1) is 4.98 Å². The third-order valence-electron chi connectivity index (χ3n) is 3.85. The number of nitrogens with zero attached hydrogens (tertiary/aromatic N) is 6. The maximum atomic E-state index is 6.03. The molecule has 9 heteroatoms. The molecule has 8 nitrogen and oxygen atoms in total. The number of hydrogen-bond donors (Lipinski definition) is 0. The van der Waals surface area contributed by atoms with Crippen LogP contribution < -0.4 is 9.47 Å². The Kier molecular flexibility index (Phi) is 5.11. The van der Waals surface area contributed by atoms with Crippen LogP contribution in [-0.2, 0) is 6.42 Å². The van der Waals surface area contributed by atoms with Gasteiger partial charge in [0.25, 0.3) is 0 Å². The Bertz CT molecular complexity index is 1070. The molecule has 0 N–H and O–H groups in total. The lowest BCUT2D eigenvalue weighted by Gasteiger charge is -2.08. The van der Waals surface area contributed by atoms with E-state index in [-0.39, 0.29) is 17.2 Å². The molecule has 4 aromatic rings. The van der Waals surface area contributed by atoms with Crippen molar-refractivity contribution in [2.45, 2.75) is 6.42 Å². The summed E-state index contributed by atoms with van der Waals surface area (Å²) < 4.78 is 12.7. The van der Waals surface area contributed by atoms with Crippen LogP contribution in [0, 0.1) is 0 Å². The van der Waals surface area contributed by atoms with Gasteiger partial charge in [-0.1, -0.05) is 23.7 Å². The summed E-state index contributed by atoms with van der Waals surface area (Å²) in [6.07, 6.45) is 7.43. The average Bonchev–Trinajstić information content (AvgIpc) is 3.25. The molecule has 0 saturated carbocycles. The van der Waals surface area contributed by atoms with E-state index in [0.717, 1.165) is 11.3 Å². The first kappa shape index (κ1) is 17.9. The summed E-state index contributed by atoms with van der Waals surface area (Å²) in [5.74, 6) is 0.866. The number of ether oxygens (including phenoxy) is 2. The second kappa shape index (κ2) is 8.01. The first-order valence-corrected chi connectivity index (χ1v) is 8.73. The lowest BCUT2D eigenvalue weighted by Crippen LogP contribution is -2.04. The normalized spacial score (nSPS) is 10.6. The number of aromatic nitrogens is 6. The summed E-state index contributed by atoms with van der Waals surface area (Å²) in [7, 11) is 1.49. The molecule has 3 aromatic heterocycles. The highest BCUT2D eigenvalue weighted by Gasteiger charge is 2.12. The van der Waals surface area contributed by atoms with Crippen LogP contribution in [0.1, 0.15) is 11.4 Å². The number of pyridine rings is 1. The molecular weight excluding hydrogens is 380 g/mol. The molecule has 140 valence electrons. The molecule has 0 spiro atoms. The molecule has 0 fully saturated rings. The predicted octanol–water partition coefficient (Wildman–Crippen LogP) is 3.50. The summed E-state index contributed by atoms with van der Waals surface area (Å²) in [6.45, 7) is 0. The van der Waals surface area contributed by atoms with E-state index in [1.54, 1.807) is 30.9 Å². The van der Waals surface area contributed by atoms with E-state index in [1.807, 2.05) is 35.0 Å². The Labute approximate surface area is 165 Å². The van der Waals surface area contributed by atoms with Crippen molar-refractivity contribution in [1.29, 1.82) is 0 Å². The van der Waals surface area contributed by atoms with Gasteiger partial charge < -0.3 is 14.0 Å². The summed E-state index contributed by atoms with van der Waals surface area (Å²) >= 11 is 6.03. The molecule has 0 saturated heterocycles. The molecule has 1 aromatic carbocycles. The Morgan fingerprint density at radius 1 is 1.00 bits per heavy atom. The Hall–Kier alpha value is -3.52. The van der Waals surface area contributed by atoms with Gasteiger partial charge in [-0.25, -0.2) is 9.97 Å². The summed E-state index contributed by atoms with van der Waals surface area (Å²) in [5, 5.41) is 0.221. The number of halogens is 1. The molecule has 0 atom stereocenters. The van der Waals surface area contributed by atoms with Gasteiger partial charge in [0.1, 0.15) is 5.82 Å². The fraction of sp³-hybridized carbons (Fsp3) is 0.105. The van der Waals surface area contributed by atoms with E-state index >= 15 is 0 Å². The van der Waals surface area contributed by atoms with Crippen LogP contribution in [0.5, 0.6) is 17.8 Å². The first-order chi connectivity index (χ1) is 13.7. The monoisotopic (exact) mass is 394 g/mol. The smallest absolute Gasteiger partial charge is 0.328 e. The van der Waals surface area contributed by atoms with Gasteiger partial charge in [-0.05, 0) is 29.8 Å².